The van der Waals surface area contributed by atoms with Crippen LogP contribution in [0.2, 0.25) is 0 Å². The van der Waals surface area contributed by atoms with E-state index in [0.717, 1.165) is 5.56 Å². The molecule has 9 nitrogen and oxygen atoms in total. The predicted octanol–water partition coefficient (Wildman–Crippen LogP) is 4.68. The molecule has 3 aromatic carbocycles. The minimum Gasteiger partial charge on any atom is -0.496 e. The molecule has 0 aromatic heterocycles. The van der Waals surface area contributed by atoms with Crippen molar-refractivity contribution in [1.29, 1.82) is 5.26 Å². The number of amides is 1. The molecule has 0 radical (unpaired) electrons. The number of carbonyl (C=O) groups excluding carboxylic acids is 2. The Hall–Kier alpha value is -4.97. The number of anilines is 1. The van der Waals surface area contributed by atoms with Crippen molar-refractivity contribution in [2.24, 2.45) is 0 Å². The fourth-order valence-corrected chi connectivity index (χ4v) is 2.89. The molecular weight excluding hydrogens is 438 g/mol. The third-order valence-electron chi connectivity index (χ3n) is 4.70. The average molecular weight is 457 g/mol. The van der Waals surface area contributed by atoms with Crippen LogP contribution in [0.5, 0.6) is 11.5 Å². The minimum atomic E-state index is -0.814. The van der Waals surface area contributed by atoms with E-state index in [2.05, 4.69) is 5.32 Å². The summed E-state index contributed by atoms with van der Waals surface area (Å²) in [7, 11) is 1.36. The van der Waals surface area contributed by atoms with Crippen LogP contribution in [0.4, 0.5) is 11.4 Å². The molecule has 0 saturated heterocycles. The zero-order valence-electron chi connectivity index (χ0n) is 18.3. The summed E-state index contributed by atoms with van der Waals surface area (Å²) in [5.74, 6) is -0.782. The fraction of sp³-hybridized carbons (Fsp3) is 0.0800. The Morgan fingerprint density at radius 1 is 1.03 bits per heavy atom. The summed E-state index contributed by atoms with van der Waals surface area (Å²) in [6.07, 6.45) is 1.32. The summed E-state index contributed by atoms with van der Waals surface area (Å²) in [6, 6.07) is 18.9. The first-order chi connectivity index (χ1) is 16.3. The summed E-state index contributed by atoms with van der Waals surface area (Å²) in [5, 5.41) is 23.1. The first-order valence-electron chi connectivity index (χ1n) is 9.95. The van der Waals surface area contributed by atoms with Crippen molar-refractivity contribution in [3.8, 4) is 17.6 Å². The molecule has 34 heavy (non-hydrogen) atoms. The number of aryl methyl sites for hydroxylation is 1. The summed E-state index contributed by atoms with van der Waals surface area (Å²) in [6.45, 7) is 1.91. The molecule has 0 aliphatic heterocycles. The van der Waals surface area contributed by atoms with E-state index in [-0.39, 0.29) is 22.7 Å². The zero-order valence-corrected chi connectivity index (χ0v) is 18.3. The van der Waals surface area contributed by atoms with Gasteiger partial charge < -0.3 is 14.8 Å². The number of nitro benzene ring substituents is 1. The van der Waals surface area contributed by atoms with E-state index >= 15 is 0 Å². The maximum atomic E-state index is 12.5. The molecule has 9 heteroatoms. The van der Waals surface area contributed by atoms with Crippen molar-refractivity contribution >= 4 is 29.3 Å². The second-order valence-electron chi connectivity index (χ2n) is 7.09. The van der Waals surface area contributed by atoms with Crippen molar-refractivity contribution in [2.45, 2.75) is 6.92 Å². The lowest BCUT2D eigenvalue weighted by molar-refractivity contribution is -0.384. The number of ether oxygens (including phenoxy) is 2. The Balaban J connectivity index is 1.73. The third-order valence-corrected chi connectivity index (χ3v) is 4.70. The molecular formula is C25H19N3O6. The van der Waals surface area contributed by atoms with Gasteiger partial charge in [0.05, 0.1) is 23.7 Å². The smallest absolute Gasteiger partial charge is 0.343 e. The largest absolute Gasteiger partial charge is 0.496 e. The quantitative estimate of drug-likeness (QED) is 0.136. The van der Waals surface area contributed by atoms with Crippen LogP contribution in [0.25, 0.3) is 6.08 Å². The van der Waals surface area contributed by atoms with Gasteiger partial charge >= 0.3 is 5.97 Å². The molecule has 3 aromatic rings. The van der Waals surface area contributed by atoms with Crippen LogP contribution < -0.4 is 14.8 Å². The number of nitriles is 1. The molecule has 0 heterocycles. The zero-order chi connectivity index (χ0) is 24.7. The standard InChI is InChI=1S/C25H19N3O6/c1-16-3-7-18(8-4-16)25(30)34-20-9-5-17(6-10-20)13-19(15-26)24(29)27-22-12-11-21(33-2)14-23(22)28(31)32/h3-14H,1-2H3,(H,27,29)/b19-13+. The highest BCUT2D eigenvalue weighted by Gasteiger charge is 2.19. The second kappa shape index (κ2) is 10.6. The highest BCUT2D eigenvalue weighted by atomic mass is 16.6. The van der Waals surface area contributed by atoms with Gasteiger partial charge in [-0.1, -0.05) is 29.8 Å². The summed E-state index contributed by atoms with van der Waals surface area (Å²) >= 11 is 0. The van der Waals surface area contributed by atoms with Crippen LogP contribution in [0.15, 0.2) is 72.3 Å². The van der Waals surface area contributed by atoms with Gasteiger partial charge in [-0.2, -0.15) is 5.26 Å². The topological polar surface area (TPSA) is 132 Å². The van der Waals surface area contributed by atoms with Crippen LogP contribution in [0.3, 0.4) is 0 Å². The van der Waals surface area contributed by atoms with Crippen molar-refractivity contribution in [1.82, 2.24) is 0 Å². The maximum absolute atomic E-state index is 12.5. The van der Waals surface area contributed by atoms with Gasteiger partial charge in [0.15, 0.2) is 0 Å². The van der Waals surface area contributed by atoms with E-state index < -0.39 is 16.8 Å². The lowest BCUT2D eigenvalue weighted by Crippen LogP contribution is -2.14. The molecule has 170 valence electrons. The van der Waals surface area contributed by atoms with Crippen molar-refractivity contribution in [3.63, 3.8) is 0 Å². The van der Waals surface area contributed by atoms with E-state index in [1.165, 1.54) is 43.5 Å². The molecule has 0 aliphatic rings. The Labute approximate surface area is 195 Å². The van der Waals surface area contributed by atoms with Crippen molar-refractivity contribution in [2.75, 3.05) is 12.4 Å². The first kappa shape index (κ1) is 23.7. The average Bonchev–Trinajstić information content (AvgIpc) is 2.83. The Kier molecular flexibility index (Phi) is 7.36. The summed E-state index contributed by atoms with van der Waals surface area (Å²) in [4.78, 5) is 35.4. The van der Waals surface area contributed by atoms with E-state index in [0.29, 0.717) is 16.9 Å². The number of hydrogen-bond acceptors (Lipinski definition) is 7. The fourth-order valence-electron chi connectivity index (χ4n) is 2.89. The number of carbonyl (C=O) groups is 2. The second-order valence-corrected chi connectivity index (χ2v) is 7.09. The number of nitro groups is 1. The number of methoxy groups -OCH3 is 1. The molecule has 0 atom stereocenters. The van der Waals surface area contributed by atoms with Crippen LogP contribution in [-0.2, 0) is 4.79 Å². The molecule has 0 bridgehead atoms. The maximum Gasteiger partial charge on any atom is 0.343 e. The van der Waals surface area contributed by atoms with Gasteiger partial charge in [0, 0.05) is 0 Å². The van der Waals surface area contributed by atoms with E-state index in [9.17, 15) is 25.0 Å². The highest BCUT2D eigenvalue weighted by Crippen LogP contribution is 2.29. The molecule has 0 aliphatic carbocycles. The van der Waals surface area contributed by atoms with Crippen LogP contribution in [-0.4, -0.2) is 23.9 Å². The Bertz CT molecular complexity index is 1310. The summed E-state index contributed by atoms with van der Waals surface area (Å²) < 4.78 is 10.3. The molecule has 0 saturated carbocycles. The number of benzene rings is 3. The van der Waals surface area contributed by atoms with Crippen LogP contribution in [0.1, 0.15) is 21.5 Å². The molecule has 0 unspecified atom stereocenters. The predicted molar refractivity (Wildman–Crippen MR) is 124 cm³/mol. The van der Waals surface area contributed by atoms with Gasteiger partial charge in [-0.15, -0.1) is 0 Å². The monoisotopic (exact) mass is 457 g/mol. The van der Waals surface area contributed by atoms with Gasteiger partial charge in [0.2, 0.25) is 0 Å². The van der Waals surface area contributed by atoms with Gasteiger partial charge in [-0.05, 0) is 55.0 Å². The number of nitrogens with zero attached hydrogens (tertiary/aromatic N) is 2. The molecule has 3 rings (SSSR count). The SMILES string of the molecule is COc1ccc(NC(=O)/C(C#N)=C/c2ccc(OC(=O)c3ccc(C)cc3)cc2)c([N+](=O)[O-])c1. The third kappa shape index (κ3) is 5.83. The molecule has 0 fully saturated rings. The highest BCUT2D eigenvalue weighted by molar-refractivity contribution is 6.10. The van der Waals surface area contributed by atoms with Crippen LogP contribution >= 0.6 is 0 Å². The van der Waals surface area contributed by atoms with E-state index in [1.54, 1.807) is 42.5 Å². The number of rotatable bonds is 7. The normalized spacial score (nSPS) is 10.7. The van der Waals surface area contributed by atoms with Gasteiger partial charge in [0.25, 0.3) is 11.6 Å². The van der Waals surface area contributed by atoms with E-state index in [4.69, 9.17) is 9.47 Å². The number of hydrogen-bond donors (Lipinski definition) is 1. The lowest BCUT2D eigenvalue weighted by atomic mass is 10.1. The summed E-state index contributed by atoms with van der Waals surface area (Å²) in [5.41, 5.74) is 1.21. The Morgan fingerprint density at radius 2 is 1.68 bits per heavy atom. The number of esters is 1. The molecule has 1 amide bonds. The van der Waals surface area contributed by atoms with Gasteiger partial charge in [-0.3, -0.25) is 14.9 Å². The first-order valence-corrected chi connectivity index (χ1v) is 9.95. The minimum absolute atomic E-state index is 0.0738. The van der Waals surface area contributed by atoms with Gasteiger partial charge in [0.1, 0.15) is 28.8 Å². The van der Waals surface area contributed by atoms with Crippen molar-refractivity contribution in [3.05, 3.63) is 99.1 Å². The van der Waals surface area contributed by atoms with E-state index in [1.807, 2.05) is 6.92 Å². The number of nitrogens with one attached hydrogen (secondary N) is 1. The van der Waals surface area contributed by atoms with Crippen molar-refractivity contribution < 1.29 is 24.0 Å². The Morgan fingerprint density at radius 3 is 2.26 bits per heavy atom. The molecule has 0 spiro atoms. The van der Waals surface area contributed by atoms with Crippen LogP contribution in [0, 0.1) is 28.4 Å². The lowest BCUT2D eigenvalue weighted by Gasteiger charge is -2.07. The molecule has 1 N–H and O–H groups in total. The van der Waals surface area contributed by atoms with Gasteiger partial charge in [-0.25, -0.2) is 4.79 Å².